The number of para-hydroxylation sites is 1. The number of anilines is 3. The number of aryl methyl sites for hydroxylation is 1. The monoisotopic (exact) mass is 413 g/mol. The van der Waals surface area contributed by atoms with Gasteiger partial charge >= 0.3 is 0 Å². The van der Waals surface area contributed by atoms with Crippen molar-refractivity contribution in [1.29, 1.82) is 0 Å². The predicted molar refractivity (Wildman–Crippen MR) is 129 cm³/mol. The van der Waals surface area contributed by atoms with Crippen molar-refractivity contribution in [2.24, 2.45) is 0 Å². The second kappa shape index (κ2) is 9.80. The molecule has 4 nitrogen and oxygen atoms in total. The topological polar surface area (TPSA) is 44.4 Å². The average molecular weight is 414 g/mol. The van der Waals surface area contributed by atoms with Crippen molar-refractivity contribution >= 4 is 23.0 Å². The highest BCUT2D eigenvalue weighted by Gasteiger charge is 2.23. The fourth-order valence-corrected chi connectivity index (χ4v) is 4.39. The fraction of sp³-hybridized carbons (Fsp3) is 0.296. The fourth-order valence-electron chi connectivity index (χ4n) is 4.39. The van der Waals surface area contributed by atoms with Gasteiger partial charge in [0.1, 0.15) is 0 Å². The second-order valence-corrected chi connectivity index (χ2v) is 8.42. The third-order valence-electron chi connectivity index (χ3n) is 5.86. The van der Waals surface area contributed by atoms with Crippen LogP contribution in [0, 0.1) is 0 Å². The Labute approximate surface area is 185 Å². The zero-order chi connectivity index (χ0) is 21.6. The number of rotatable bonds is 7. The summed E-state index contributed by atoms with van der Waals surface area (Å²) in [6.07, 6.45) is 3.36. The van der Waals surface area contributed by atoms with Crippen LogP contribution in [0.2, 0.25) is 0 Å². The standard InChI is InChI=1S/C27H31N3O/c1-20(2)30(24-17-15-23(16-18-24)29-22-11-4-3-5-12-22)27(31)19-28-26-14-8-10-21-9-6-7-13-25(21)26/h3-7,9,11-13,15-18,20,26,28-29H,8,10,14,19H2,1-2H3. The van der Waals surface area contributed by atoms with Crippen LogP contribution in [-0.4, -0.2) is 18.5 Å². The highest BCUT2D eigenvalue weighted by Crippen LogP contribution is 2.29. The first kappa shape index (κ1) is 21.1. The number of hydrogen-bond acceptors (Lipinski definition) is 3. The van der Waals surface area contributed by atoms with E-state index in [0.717, 1.165) is 36.3 Å². The van der Waals surface area contributed by atoms with E-state index in [0.29, 0.717) is 6.54 Å². The van der Waals surface area contributed by atoms with Gasteiger partial charge in [0.2, 0.25) is 5.91 Å². The Morgan fingerprint density at radius 3 is 2.35 bits per heavy atom. The summed E-state index contributed by atoms with van der Waals surface area (Å²) in [6, 6.07) is 27.1. The van der Waals surface area contributed by atoms with E-state index in [-0.39, 0.29) is 18.0 Å². The summed E-state index contributed by atoms with van der Waals surface area (Å²) in [5, 5.41) is 6.91. The molecule has 0 saturated carbocycles. The molecule has 0 saturated heterocycles. The van der Waals surface area contributed by atoms with Crippen LogP contribution in [0.3, 0.4) is 0 Å². The maximum Gasteiger partial charge on any atom is 0.241 e. The lowest BCUT2D eigenvalue weighted by Gasteiger charge is -2.30. The number of carbonyl (C=O) groups is 1. The van der Waals surface area contributed by atoms with E-state index < -0.39 is 0 Å². The Balaban J connectivity index is 1.42. The van der Waals surface area contributed by atoms with E-state index in [4.69, 9.17) is 0 Å². The van der Waals surface area contributed by atoms with E-state index in [1.807, 2.05) is 59.5 Å². The Morgan fingerprint density at radius 2 is 1.61 bits per heavy atom. The molecule has 0 heterocycles. The van der Waals surface area contributed by atoms with Crippen LogP contribution in [0.1, 0.15) is 43.9 Å². The van der Waals surface area contributed by atoms with Crippen LogP contribution in [0.25, 0.3) is 0 Å². The largest absolute Gasteiger partial charge is 0.356 e. The first-order valence-corrected chi connectivity index (χ1v) is 11.2. The van der Waals surface area contributed by atoms with Crippen molar-refractivity contribution in [2.45, 2.75) is 45.2 Å². The highest BCUT2D eigenvalue weighted by molar-refractivity contribution is 5.95. The molecule has 4 heteroatoms. The summed E-state index contributed by atoms with van der Waals surface area (Å²) in [5.41, 5.74) is 5.71. The highest BCUT2D eigenvalue weighted by atomic mass is 16.2. The van der Waals surface area contributed by atoms with Crippen molar-refractivity contribution in [3.05, 3.63) is 90.0 Å². The molecule has 0 aliphatic heterocycles. The molecular formula is C27H31N3O. The van der Waals surface area contributed by atoms with Crippen LogP contribution < -0.4 is 15.5 Å². The lowest BCUT2D eigenvalue weighted by atomic mass is 9.88. The minimum atomic E-state index is 0.0841. The number of amides is 1. The Morgan fingerprint density at radius 1 is 0.935 bits per heavy atom. The maximum absolute atomic E-state index is 13.2. The van der Waals surface area contributed by atoms with Crippen LogP contribution >= 0.6 is 0 Å². The van der Waals surface area contributed by atoms with Gasteiger partial charge < -0.3 is 15.5 Å². The van der Waals surface area contributed by atoms with Gasteiger partial charge in [0.25, 0.3) is 0 Å². The third-order valence-corrected chi connectivity index (χ3v) is 5.86. The molecular weight excluding hydrogens is 382 g/mol. The molecule has 1 aliphatic rings. The molecule has 1 atom stereocenters. The molecule has 1 aliphatic carbocycles. The zero-order valence-corrected chi connectivity index (χ0v) is 18.3. The van der Waals surface area contributed by atoms with Crippen molar-refractivity contribution in [3.63, 3.8) is 0 Å². The molecule has 160 valence electrons. The van der Waals surface area contributed by atoms with Crippen molar-refractivity contribution in [1.82, 2.24) is 5.32 Å². The van der Waals surface area contributed by atoms with Crippen LogP contribution in [-0.2, 0) is 11.2 Å². The van der Waals surface area contributed by atoms with E-state index in [2.05, 4.69) is 48.7 Å². The van der Waals surface area contributed by atoms with E-state index in [9.17, 15) is 4.79 Å². The first-order chi connectivity index (χ1) is 15.1. The van der Waals surface area contributed by atoms with E-state index in [1.54, 1.807) is 0 Å². The van der Waals surface area contributed by atoms with Gasteiger partial charge in [-0.15, -0.1) is 0 Å². The quantitative estimate of drug-likeness (QED) is 0.511. The lowest BCUT2D eigenvalue weighted by molar-refractivity contribution is -0.118. The third kappa shape index (κ3) is 5.15. The molecule has 0 aromatic heterocycles. The van der Waals surface area contributed by atoms with Crippen molar-refractivity contribution in [2.75, 3.05) is 16.8 Å². The Bertz CT molecular complexity index is 999. The molecule has 3 aromatic carbocycles. The average Bonchev–Trinajstić information content (AvgIpc) is 2.79. The first-order valence-electron chi connectivity index (χ1n) is 11.2. The molecule has 0 bridgehead atoms. The summed E-state index contributed by atoms with van der Waals surface area (Å²) in [5.74, 6) is 0.0989. The van der Waals surface area contributed by atoms with Gasteiger partial charge in [-0.05, 0) is 80.6 Å². The van der Waals surface area contributed by atoms with Gasteiger partial charge in [-0.2, -0.15) is 0 Å². The van der Waals surface area contributed by atoms with Crippen LogP contribution in [0.5, 0.6) is 0 Å². The number of fused-ring (bicyclic) bond motifs is 1. The minimum absolute atomic E-state index is 0.0841. The lowest BCUT2D eigenvalue weighted by Crippen LogP contribution is -2.43. The van der Waals surface area contributed by atoms with Gasteiger partial charge in [0.15, 0.2) is 0 Å². The predicted octanol–water partition coefficient (Wildman–Crippen LogP) is 5.84. The van der Waals surface area contributed by atoms with Crippen LogP contribution in [0.4, 0.5) is 17.1 Å². The molecule has 1 amide bonds. The van der Waals surface area contributed by atoms with Gasteiger partial charge in [-0.1, -0.05) is 42.5 Å². The van der Waals surface area contributed by atoms with Gasteiger partial charge in [0.05, 0.1) is 6.54 Å². The number of nitrogens with one attached hydrogen (secondary N) is 2. The normalized spacial score (nSPS) is 15.4. The van der Waals surface area contributed by atoms with E-state index in [1.165, 1.54) is 11.1 Å². The molecule has 3 aromatic rings. The number of hydrogen-bond donors (Lipinski definition) is 2. The smallest absolute Gasteiger partial charge is 0.241 e. The molecule has 1 unspecified atom stereocenters. The van der Waals surface area contributed by atoms with E-state index >= 15 is 0 Å². The second-order valence-electron chi connectivity index (χ2n) is 8.42. The summed E-state index contributed by atoms with van der Waals surface area (Å²) in [4.78, 5) is 15.0. The zero-order valence-electron chi connectivity index (χ0n) is 18.3. The van der Waals surface area contributed by atoms with Crippen LogP contribution in [0.15, 0.2) is 78.9 Å². The number of carbonyl (C=O) groups excluding carboxylic acids is 1. The van der Waals surface area contributed by atoms with Gasteiger partial charge in [-0.3, -0.25) is 4.79 Å². The maximum atomic E-state index is 13.2. The van der Waals surface area contributed by atoms with Crippen molar-refractivity contribution in [3.8, 4) is 0 Å². The summed E-state index contributed by atoms with van der Waals surface area (Å²) in [7, 11) is 0. The molecule has 0 fully saturated rings. The SMILES string of the molecule is CC(C)N(C(=O)CNC1CCCc2ccccc21)c1ccc(Nc2ccccc2)cc1. The summed E-state index contributed by atoms with van der Waals surface area (Å²) < 4.78 is 0. The summed E-state index contributed by atoms with van der Waals surface area (Å²) >= 11 is 0. The number of nitrogens with zero attached hydrogens (tertiary/aromatic N) is 1. The number of benzene rings is 3. The summed E-state index contributed by atoms with van der Waals surface area (Å²) in [6.45, 7) is 4.45. The molecule has 0 radical (unpaired) electrons. The molecule has 0 spiro atoms. The molecule has 4 rings (SSSR count). The van der Waals surface area contributed by atoms with Gasteiger partial charge in [-0.25, -0.2) is 0 Å². The minimum Gasteiger partial charge on any atom is -0.356 e. The molecule has 31 heavy (non-hydrogen) atoms. The Kier molecular flexibility index (Phi) is 6.68. The van der Waals surface area contributed by atoms with Crippen molar-refractivity contribution < 1.29 is 4.79 Å². The molecule has 2 N–H and O–H groups in total. The Hall–Kier alpha value is -3.11. The van der Waals surface area contributed by atoms with Gasteiger partial charge in [0, 0.05) is 29.1 Å².